The van der Waals surface area contributed by atoms with Crippen molar-refractivity contribution in [2.45, 2.75) is 20.5 Å². The Morgan fingerprint density at radius 1 is 1.12 bits per heavy atom. The maximum absolute atomic E-state index is 12.1. The Kier molecular flexibility index (Phi) is 4.12. The maximum atomic E-state index is 12.1. The van der Waals surface area contributed by atoms with E-state index in [1.165, 1.54) is 0 Å². The number of hydrogen-bond acceptors (Lipinski definition) is 7. The van der Waals surface area contributed by atoms with Crippen LogP contribution < -0.4 is 9.47 Å². The predicted octanol–water partition coefficient (Wildman–Crippen LogP) is 3.68. The van der Waals surface area contributed by atoms with Gasteiger partial charge in [0.2, 0.25) is 0 Å². The van der Waals surface area contributed by atoms with Crippen LogP contribution in [0.1, 0.15) is 27.6 Å². The Morgan fingerprint density at radius 3 is 2.69 bits per heavy atom. The molecule has 1 aliphatic rings. The monoisotopic (exact) mass is 355 g/mol. The van der Waals surface area contributed by atoms with Crippen LogP contribution in [0.2, 0.25) is 0 Å². The number of fused-ring (bicyclic) bond motifs is 1. The molecule has 134 valence electrons. The van der Waals surface area contributed by atoms with Gasteiger partial charge in [0.25, 0.3) is 0 Å². The molecule has 0 N–H and O–H groups in total. The van der Waals surface area contributed by atoms with E-state index in [0.717, 1.165) is 5.56 Å². The van der Waals surface area contributed by atoms with E-state index in [4.69, 9.17) is 23.2 Å². The number of nitrogens with zero attached hydrogens (tertiary/aromatic N) is 1. The first-order valence-electron chi connectivity index (χ1n) is 8.20. The molecule has 3 aromatic rings. The van der Waals surface area contributed by atoms with Crippen molar-refractivity contribution < 1.29 is 27.9 Å². The number of rotatable bonds is 4. The van der Waals surface area contributed by atoms with E-state index in [2.05, 4.69) is 5.16 Å². The van der Waals surface area contributed by atoms with Crippen LogP contribution in [0.15, 0.2) is 39.3 Å². The molecule has 3 heterocycles. The van der Waals surface area contributed by atoms with E-state index >= 15 is 0 Å². The third-order valence-electron chi connectivity index (χ3n) is 4.00. The number of ether oxygens (including phenoxy) is 3. The van der Waals surface area contributed by atoms with E-state index in [9.17, 15) is 4.79 Å². The molecule has 0 atom stereocenters. The number of benzene rings is 1. The molecule has 2 aromatic heterocycles. The van der Waals surface area contributed by atoms with Crippen molar-refractivity contribution >= 4 is 5.97 Å². The van der Waals surface area contributed by atoms with Gasteiger partial charge in [-0.05, 0) is 38.1 Å². The van der Waals surface area contributed by atoms with Crippen LogP contribution >= 0.6 is 0 Å². The smallest absolute Gasteiger partial charge is 0.342 e. The van der Waals surface area contributed by atoms with Crippen molar-refractivity contribution in [3.05, 3.63) is 53.1 Å². The lowest BCUT2D eigenvalue weighted by atomic mass is 10.1. The lowest BCUT2D eigenvalue weighted by Gasteiger charge is -2.18. The van der Waals surface area contributed by atoms with Crippen LogP contribution in [-0.4, -0.2) is 24.3 Å². The van der Waals surface area contributed by atoms with Crippen molar-refractivity contribution in [3.63, 3.8) is 0 Å². The molecule has 0 spiro atoms. The molecule has 7 heteroatoms. The van der Waals surface area contributed by atoms with Crippen LogP contribution in [0.4, 0.5) is 0 Å². The van der Waals surface area contributed by atoms with Gasteiger partial charge in [0.05, 0.1) is 0 Å². The van der Waals surface area contributed by atoms with Crippen LogP contribution in [0, 0.1) is 13.8 Å². The summed E-state index contributed by atoms with van der Waals surface area (Å²) in [6.45, 7) is 4.57. The van der Waals surface area contributed by atoms with Crippen molar-refractivity contribution in [1.82, 2.24) is 5.16 Å². The summed E-state index contributed by atoms with van der Waals surface area (Å²) in [4.78, 5) is 12.1. The molecular weight excluding hydrogens is 338 g/mol. The van der Waals surface area contributed by atoms with Crippen molar-refractivity contribution in [2.75, 3.05) is 13.2 Å². The van der Waals surface area contributed by atoms with Gasteiger partial charge in [0.15, 0.2) is 17.3 Å². The molecule has 0 saturated carbocycles. The van der Waals surface area contributed by atoms with Gasteiger partial charge in [0.1, 0.15) is 42.6 Å². The van der Waals surface area contributed by atoms with E-state index in [1.807, 2.05) is 18.2 Å². The average Bonchev–Trinajstić information content (AvgIpc) is 3.25. The first-order valence-corrected chi connectivity index (χ1v) is 8.20. The van der Waals surface area contributed by atoms with Gasteiger partial charge in [-0.1, -0.05) is 5.16 Å². The standard InChI is InChI=1S/C19H17NO6/c1-11-7-15(12(2)25-11)19(21)24-10-14-9-17(26-20-14)13-3-4-16-18(8-13)23-6-5-22-16/h3-4,7-9H,5-6,10H2,1-2H3. The van der Waals surface area contributed by atoms with Gasteiger partial charge >= 0.3 is 5.97 Å². The highest BCUT2D eigenvalue weighted by atomic mass is 16.6. The Morgan fingerprint density at radius 2 is 1.92 bits per heavy atom. The second-order valence-corrected chi connectivity index (χ2v) is 5.94. The second-order valence-electron chi connectivity index (χ2n) is 5.94. The summed E-state index contributed by atoms with van der Waals surface area (Å²) in [7, 11) is 0. The van der Waals surface area contributed by atoms with Gasteiger partial charge in [-0.15, -0.1) is 0 Å². The highest BCUT2D eigenvalue weighted by molar-refractivity contribution is 5.90. The number of aromatic nitrogens is 1. The summed E-state index contributed by atoms with van der Waals surface area (Å²) in [5.74, 6) is 2.68. The van der Waals surface area contributed by atoms with Crippen LogP contribution in [0.5, 0.6) is 11.5 Å². The molecule has 4 rings (SSSR count). The van der Waals surface area contributed by atoms with Gasteiger partial charge in [0, 0.05) is 11.6 Å². The second kappa shape index (κ2) is 6.59. The molecule has 7 nitrogen and oxygen atoms in total. The summed E-state index contributed by atoms with van der Waals surface area (Å²) in [5.41, 5.74) is 1.74. The van der Waals surface area contributed by atoms with E-state index in [1.54, 1.807) is 26.0 Å². The molecule has 1 aliphatic heterocycles. The van der Waals surface area contributed by atoms with Crippen LogP contribution in [0.3, 0.4) is 0 Å². The Balaban J connectivity index is 1.45. The zero-order valence-electron chi connectivity index (χ0n) is 14.4. The first-order chi connectivity index (χ1) is 12.6. The average molecular weight is 355 g/mol. The number of hydrogen-bond donors (Lipinski definition) is 0. The Bertz CT molecular complexity index is 955. The zero-order chi connectivity index (χ0) is 18.1. The zero-order valence-corrected chi connectivity index (χ0v) is 14.4. The van der Waals surface area contributed by atoms with E-state index in [0.29, 0.717) is 53.3 Å². The third kappa shape index (κ3) is 3.15. The summed E-state index contributed by atoms with van der Waals surface area (Å²) in [5, 5.41) is 3.95. The molecule has 26 heavy (non-hydrogen) atoms. The molecule has 0 aliphatic carbocycles. The Labute approximate surface area is 149 Å². The molecule has 0 amide bonds. The number of carbonyl (C=O) groups excluding carboxylic acids is 1. The first kappa shape index (κ1) is 16.3. The highest BCUT2D eigenvalue weighted by Crippen LogP contribution is 2.34. The minimum Gasteiger partial charge on any atom is -0.486 e. The largest absolute Gasteiger partial charge is 0.486 e. The third-order valence-corrected chi connectivity index (χ3v) is 4.00. The number of furan rings is 1. The van der Waals surface area contributed by atoms with Gasteiger partial charge in [-0.3, -0.25) is 0 Å². The fourth-order valence-corrected chi connectivity index (χ4v) is 2.76. The summed E-state index contributed by atoms with van der Waals surface area (Å²) in [6.07, 6.45) is 0. The van der Waals surface area contributed by atoms with E-state index < -0.39 is 5.97 Å². The van der Waals surface area contributed by atoms with Crippen molar-refractivity contribution in [3.8, 4) is 22.8 Å². The number of carbonyl (C=O) groups is 1. The molecule has 1 aromatic carbocycles. The van der Waals surface area contributed by atoms with Crippen molar-refractivity contribution in [2.24, 2.45) is 0 Å². The Hall–Kier alpha value is -3.22. The topological polar surface area (TPSA) is 83.9 Å². The van der Waals surface area contributed by atoms with Gasteiger partial charge in [-0.2, -0.15) is 0 Å². The van der Waals surface area contributed by atoms with Crippen LogP contribution in [-0.2, 0) is 11.3 Å². The maximum Gasteiger partial charge on any atom is 0.342 e. The fraction of sp³-hybridized carbons (Fsp3) is 0.263. The van der Waals surface area contributed by atoms with Crippen molar-refractivity contribution in [1.29, 1.82) is 0 Å². The van der Waals surface area contributed by atoms with Gasteiger partial charge < -0.3 is 23.2 Å². The SMILES string of the molecule is Cc1cc(C(=O)OCc2cc(-c3ccc4c(c3)OCCO4)on2)c(C)o1. The highest BCUT2D eigenvalue weighted by Gasteiger charge is 2.17. The normalized spacial score (nSPS) is 12.8. The minimum atomic E-state index is -0.455. The molecular formula is C19H17NO6. The molecule has 0 fully saturated rings. The minimum absolute atomic E-state index is 0.0105. The fourth-order valence-electron chi connectivity index (χ4n) is 2.76. The summed E-state index contributed by atoms with van der Waals surface area (Å²) >= 11 is 0. The number of esters is 1. The molecule has 0 bridgehead atoms. The summed E-state index contributed by atoms with van der Waals surface area (Å²) < 4.78 is 27.0. The number of aryl methyl sites for hydroxylation is 2. The van der Waals surface area contributed by atoms with E-state index in [-0.39, 0.29) is 6.61 Å². The molecule has 0 unspecified atom stereocenters. The molecule has 0 saturated heterocycles. The lowest BCUT2D eigenvalue weighted by molar-refractivity contribution is 0.0462. The predicted molar refractivity (Wildman–Crippen MR) is 90.2 cm³/mol. The lowest BCUT2D eigenvalue weighted by Crippen LogP contribution is -2.15. The van der Waals surface area contributed by atoms with Crippen LogP contribution in [0.25, 0.3) is 11.3 Å². The summed E-state index contributed by atoms with van der Waals surface area (Å²) in [6, 6.07) is 8.91. The quantitative estimate of drug-likeness (QED) is 0.660. The van der Waals surface area contributed by atoms with Gasteiger partial charge in [-0.25, -0.2) is 4.79 Å². The molecule has 0 radical (unpaired) electrons.